The lowest BCUT2D eigenvalue weighted by Crippen LogP contribution is -2.22. The van der Waals surface area contributed by atoms with Crippen molar-refractivity contribution in [1.82, 2.24) is 4.57 Å². The van der Waals surface area contributed by atoms with Gasteiger partial charge in [-0.3, -0.25) is 9.36 Å². The first-order chi connectivity index (χ1) is 15.0. The van der Waals surface area contributed by atoms with Gasteiger partial charge < -0.3 is 15.9 Å². The van der Waals surface area contributed by atoms with E-state index in [9.17, 15) is 10.1 Å². The second-order valence-corrected chi connectivity index (χ2v) is 7.17. The van der Waals surface area contributed by atoms with Crippen molar-refractivity contribution in [2.24, 2.45) is 5.73 Å². The van der Waals surface area contributed by atoms with Crippen molar-refractivity contribution in [3.05, 3.63) is 81.9 Å². The molecule has 0 fully saturated rings. The van der Waals surface area contributed by atoms with E-state index in [1.807, 2.05) is 13.0 Å². The summed E-state index contributed by atoms with van der Waals surface area (Å²) in [6, 6.07) is 16.1. The fourth-order valence-electron chi connectivity index (χ4n) is 3.18. The Balaban J connectivity index is 2.32. The number of allylic oxidation sites excluding steroid dienone is 1. The Morgan fingerprint density at radius 2 is 2.00 bits per heavy atom. The second-order valence-electron chi connectivity index (χ2n) is 6.73. The largest absolute Gasteiger partial charge is 0.494 e. The summed E-state index contributed by atoms with van der Waals surface area (Å²) in [5.74, 6) is 0.555. The number of aromatic nitrogens is 1. The fourth-order valence-corrected chi connectivity index (χ4v) is 3.40. The van der Waals surface area contributed by atoms with E-state index < -0.39 is 0 Å². The van der Waals surface area contributed by atoms with Crippen LogP contribution in [0.3, 0.4) is 0 Å². The molecule has 0 aliphatic heterocycles. The molecule has 3 N–H and O–H groups in total. The molecule has 6 nitrogen and oxygen atoms in total. The van der Waals surface area contributed by atoms with Crippen LogP contribution in [0.15, 0.2) is 65.7 Å². The normalized spacial score (nSPS) is 11.1. The van der Waals surface area contributed by atoms with Crippen LogP contribution in [-0.4, -0.2) is 17.4 Å². The summed E-state index contributed by atoms with van der Waals surface area (Å²) in [7, 11) is 0. The molecule has 3 aromatic rings. The highest BCUT2D eigenvalue weighted by Crippen LogP contribution is 2.31. The van der Waals surface area contributed by atoms with E-state index in [2.05, 4.69) is 6.07 Å². The van der Waals surface area contributed by atoms with Crippen LogP contribution in [0.5, 0.6) is 5.75 Å². The number of nitriles is 1. The molecule has 0 aliphatic rings. The summed E-state index contributed by atoms with van der Waals surface area (Å²) in [4.78, 5) is 13.3. The zero-order chi connectivity index (χ0) is 22.4. The molecular weight excluding hydrogens is 412 g/mol. The molecule has 0 amide bonds. The molecule has 7 heteroatoms. The molecule has 0 atom stereocenters. The highest BCUT2D eigenvalue weighted by molar-refractivity contribution is 6.31. The lowest BCUT2D eigenvalue weighted by molar-refractivity contribution is 0.317. The summed E-state index contributed by atoms with van der Waals surface area (Å²) in [5, 5.41) is 17.6. The van der Waals surface area contributed by atoms with Crippen LogP contribution in [0.1, 0.15) is 18.9 Å². The van der Waals surface area contributed by atoms with Gasteiger partial charge in [0.1, 0.15) is 5.75 Å². The molecule has 0 unspecified atom stereocenters. The van der Waals surface area contributed by atoms with Gasteiger partial charge in [0.2, 0.25) is 0 Å². The number of hydrogen-bond donors (Lipinski definition) is 2. The van der Waals surface area contributed by atoms with Crippen LogP contribution >= 0.6 is 11.6 Å². The third-order valence-corrected chi connectivity index (χ3v) is 4.85. The summed E-state index contributed by atoms with van der Waals surface area (Å²) >= 11 is 6.29. The zero-order valence-electron chi connectivity index (χ0n) is 16.9. The molecule has 3 rings (SSSR count). The molecule has 1 heterocycles. The van der Waals surface area contributed by atoms with E-state index in [0.717, 1.165) is 12.6 Å². The molecule has 0 bridgehead atoms. The van der Waals surface area contributed by atoms with E-state index in [-0.39, 0.29) is 11.3 Å². The molecule has 2 aromatic carbocycles. The smallest absolute Gasteiger partial charge is 0.263 e. The lowest BCUT2D eigenvalue weighted by Gasteiger charge is -2.14. The molecule has 0 saturated heterocycles. The quantitative estimate of drug-likeness (QED) is 0.518. The number of rotatable bonds is 7. The van der Waals surface area contributed by atoms with E-state index >= 15 is 0 Å². The Labute approximate surface area is 185 Å². The molecule has 0 radical (unpaired) electrons. The van der Waals surface area contributed by atoms with Crippen LogP contribution in [0.25, 0.3) is 28.0 Å². The first-order valence-electron chi connectivity index (χ1n) is 9.65. The maximum Gasteiger partial charge on any atom is 0.263 e. The number of ether oxygens (including phenoxy) is 1. The van der Waals surface area contributed by atoms with Crippen LogP contribution in [0.4, 0.5) is 0 Å². The van der Waals surface area contributed by atoms with Crippen molar-refractivity contribution in [1.29, 1.82) is 10.7 Å². The Hall–Kier alpha value is -3.82. The van der Waals surface area contributed by atoms with Crippen LogP contribution in [-0.2, 0) is 0 Å². The van der Waals surface area contributed by atoms with Crippen molar-refractivity contribution in [2.75, 3.05) is 6.61 Å². The first kappa shape index (κ1) is 21.9. The maximum atomic E-state index is 13.3. The SMILES string of the molecule is CCCOc1cc(Cl)cc(-c2cc(-c3ccccc3C#N)cn(/C(C=N)=C/N)c2=O)c1. The number of nitrogens with one attached hydrogen (secondary N) is 1. The van der Waals surface area contributed by atoms with Crippen molar-refractivity contribution < 1.29 is 4.74 Å². The van der Waals surface area contributed by atoms with Crippen LogP contribution in [0, 0.1) is 16.7 Å². The summed E-state index contributed by atoms with van der Waals surface area (Å²) in [6.07, 6.45) is 4.59. The predicted octanol–water partition coefficient (Wildman–Crippen LogP) is 4.90. The minimum atomic E-state index is -0.373. The maximum absolute atomic E-state index is 13.3. The van der Waals surface area contributed by atoms with Crippen LogP contribution < -0.4 is 16.0 Å². The fraction of sp³-hybridized carbons (Fsp3) is 0.125. The second kappa shape index (κ2) is 9.79. The van der Waals surface area contributed by atoms with Crippen molar-refractivity contribution in [3.63, 3.8) is 0 Å². The third-order valence-electron chi connectivity index (χ3n) is 4.63. The van der Waals surface area contributed by atoms with E-state index in [1.165, 1.54) is 10.8 Å². The number of halogens is 1. The van der Waals surface area contributed by atoms with Crippen molar-refractivity contribution >= 4 is 23.5 Å². The number of benzene rings is 2. The zero-order valence-corrected chi connectivity index (χ0v) is 17.7. The minimum absolute atomic E-state index is 0.201. The Morgan fingerprint density at radius 3 is 2.68 bits per heavy atom. The highest BCUT2D eigenvalue weighted by atomic mass is 35.5. The van der Waals surface area contributed by atoms with Crippen molar-refractivity contribution in [3.8, 4) is 34.1 Å². The molecule has 31 heavy (non-hydrogen) atoms. The van der Waals surface area contributed by atoms with Crippen LogP contribution in [0.2, 0.25) is 5.02 Å². The number of pyridine rings is 1. The number of hydrogen-bond acceptors (Lipinski definition) is 5. The van der Waals surface area contributed by atoms with Gasteiger partial charge in [-0.05, 0) is 42.3 Å². The van der Waals surface area contributed by atoms with Gasteiger partial charge in [0.15, 0.2) is 0 Å². The first-order valence-corrected chi connectivity index (χ1v) is 10.0. The molecule has 0 aliphatic carbocycles. The van der Waals surface area contributed by atoms with E-state index in [0.29, 0.717) is 45.2 Å². The Kier molecular flexibility index (Phi) is 6.91. The molecule has 156 valence electrons. The Bertz CT molecular complexity index is 1260. The van der Waals surface area contributed by atoms with Gasteiger partial charge in [-0.15, -0.1) is 0 Å². The Morgan fingerprint density at radius 1 is 1.23 bits per heavy atom. The summed E-state index contributed by atoms with van der Waals surface area (Å²) in [6.45, 7) is 2.52. The molecule has 1 aromatic heterocycles. The van der Waals surface area contributed by atoms with E-state index in [1.54, 1.807) is 48.7 Å². The summed E-state index contributed by atoms with van der Waals surface area (Å²) in [5.41, 5.74) is 8.14. The monoisotopic (exact) mass is 432 g/mol. The number of nitrogens with zero attached hydrogens (tertiary/aromatic N) is 2. The average Bonchev–Trinajstić information content (AvgIpc) is 2.79. The third kappa shape index (κ3) is 4.68. The van der Waals surface area contributed by atoms with E-state index in [4.69, 9.17) is 27.5 Å². The van der Waals surface area contributed by atoms with Gasteiger partial charge in [0, 0.05) is 40.3 Å². The molecule has 0 spiro atoms. The topological polar surface area (TPSA) is 105 Å². The standard InChI is InChI=1S/C24H21ClN4O2/c1-2-7-31-21-9-17(8-19(25)11-21)23-10-18(22-6-4-3-5-16(22)12-26)15-29(24(23)30)20(13-27)14-28/h3-6,8-11,13-15,27H,2,7,28H2,1H3/b20-14+,27-13?. The molecule has 0 saturated carbocycles. The van der Waals surface area contributed by atoms with Gasteiger partial charge >= 0.3 is 0 Å². The van der Waals surface area contributed by atoms with Gasteiger partial charge in [-0.1, -0.05) is 36.7 Å². The van der Waals surface area contributed by atoms with Gasteiger partial charge in [-0.2, -0.15) is 5.26 Å². The minimum Gasteiger partial charge on any atom is -0.494 e. The number of nitrogens with two attached hydrogens (primary N) is 1. The summed E-state index contributed by atoms with van der Waals surface area (Å²) < 4.78 is 7.00. The van der Waals surface area contributed by atoms with Crippen molar-refractivity contribution in [2.45, 2.75) is 13.3 Å². The van der Waals surface area contributed by atoms with Gasteiger partial charge in [0.25, 0.3) is 5.56 Å². The lowest BCUT2D eigenvalue weighted by atomic mass is 9.98. The average molecular weight is 433 g/mol. The molecular formula is C24H21ClN4O2. The highest BCUT2D eigenvalue weighted by Gasteiger charge is 2.15. The van der Waals surface area contributed by atoms with Gasteiger partial charge in [-0.25, -0.2) is 0 Å². The van der Waals surface area contributed by atoms with Gasteiger partial charge in [0.05, 0.1) is 23.9 Å². The predicted molar refractivity (Wildman–Crippen MR) is 124 cm³/mol.